The van der Waals surface area contributed by atoms with Gasteiger partial charge >= 0.3 is 0 Å². The highest BCUT2D eigenvalue weighted by molar-refractivity contribution is 6.16. The van der Waals surface area contributed by atoms with E-state index in [1.54, 1.807) is 0 Å². The van der Waals surface area contributed by atoms with Crippen LogP contribution in [0.15, 0.2) is 224 Å². The Labute approximate surface area is 343 Å². The molecule has 0 amide bonds. The number of hydrogen-bond acceptors (Lipinski definition) is 1. The number of nitrogens with zero attached hydrogens (tertiary/aromatic N) is 1. The van der Waals surface area contributed by atoms with Gasteiger partial charge in [0.1, 0.15) is 0 Å². The second-order valence-corrected chi connectivity index (χ2v) is 15.7. The third-order valence-corrected chi connectivity index (χ3v) is 12.4. The second kappa shape index (κ2) is 13.4. The largest absolute Gasteiger partial charge is 0.311 e. The van der Waals surface area contributed by atoms with Gasteiger partial charge in [0.15, 0.2) is 0 Å². The zero-order chi connectivity index (χ0) is 38.9. The predicted molar refractivity (Wildman–Crippen MR) is 252 cm³/mol. The Kier molecular flexibility index (Phi) is 7.61. The van der Waals surface area contributed by atoms with E-state index < -0.39 is 0 Å². The Morgan fingerprint density at radius 2 is 0.678 bits per heavy atom. The normalized spacial score (nSPS) is 11.7. The Bertz CT molecular complexity index is 3410. The molecule has 0 heterocycles. The van der Waals surface area contributed by atoms with Gasteiger partial charge in [-0.25, -0.2) is 0 Å². The summed E-state index contributed by atoms with van der Waals surface area (Å²) in [7, 11) is 0. The molecule has 0 spiro atoms. The van der Waals surface area contributed by atoms with Crippen molar-refractivity contribution in [3.05, 3.63) is 224 Å². The Morgan fingerprint density at radius 1 is 0.220 bits per heavy atom. The number of benzene rings is 11. The summed E-state index contributed by atoms with van der Waals surface area (Å²) in [5.41, 5.74) is 15.9. The molecule has 1 heteroatoms. The molecule has 274 valence electrons. The van der Waals surface area contributed by atoms with Crippen molar-refractivity contribution < 1.29 is 0 Å². The van der Waals surface area contributed by atoms with Gasteiger partial charge < -0.3 is 4.90 Å². The smallest absolute Gasteiger partial charge is 0.0462 e. The zero-order valence-corrected chi connectivity index (χ0v) is 32.3. The summed E-state index contributed by atoms with van der Waals surface area (Å²) >= 11 is 0. The molecule has 59 heavy (non-hydrogen) atoms. The fourth-order valence-corrected chi connectivity index (χ4v) is 9.49. The van der Waals surface area contributed by atoms with E-state index in [4.69, 9.17) is 0 Å². The molecule has 12 rings (SSSR count). The van der Waals surface area contributed by atoms with Crippen LogP contribution in [0, 0.1) is 0 Å². The summed E-state index contributed by atoms with van der Waals surface area (Å²) in [4.78, 5) is 2.37. The average Bonchev–Trinajstić information content (AvgIpc) is 3.63. The van der Waals surface area contributed by atoms with Crippen LogP contribution in [-0.2, 0) is 0 Å². The van der Waals surface area contributed by atoms with Crippen LogP contribution in [0.5, 0.6) is 0 Å². The third-order valence-electron chi connectivity index (χ3n) is 12.4. The first kappa shape index (κ1) is 33.4. The molecule has 0 saturated carbocycles. The van der Waals surface area contributed by atoms with Crippen LogP contribution in [-0.4, -0.2) is 0 Å². The van der Waals surface area contributed by atoms with Crippen LogP contribution in [0.25, 0.3) is 98.7 Å². The minimum atomic E-state index is 1.11. The van der Waals surface area contributed by atoms with Gasteiger partial charge in [-0.15, -0.1) is 0 Å². The predicted octanol–water partition coefficient (Wildman–Crippen LogP) is 16.4. The second-order valence-electron chi connectivity index (χ2n) is 15.7. The van der Waals surface area contributed by atoms with Crippen molar-refractivity contribution in [1.82, 2.24) is 0 Å². The van der Waals surface area contributed by atoms with E-state index >= 15 is 0 Å². The number of anilines is 3. The van der Waals surface area contributed by atoms with Gasteiger partial charge in [-0.05, 0) is 153 Å². The molecule has 0 atom stereocenters. The molecular weight excluding hydrogens is 711 g/mol. The Morgan fingerprint density at radius 3 is 1.37 bits per heavy atom. The number of hydrogen-bond donors (Lipinski definition) is 0. The van der Waals surface area contributed by atoms with E-state index in [1.165, 1.54) is 98.7 Å². The van der Waals surface area contributed by atoms with Crippen molar-refractivity contribution >= 4 is 60.2 Å². The average molecular weight is 748 g/mol. The van der Waals surface area contributed by atoms with E-state index in [1.807, 2.05) is 0 Å². The van der Waals surface area contributed by atoms with E-state index in [2.05, 4.69) is 229 Å². The van der Waals surface area contributed by atoms with Gasteiger partial charge in [0.25, 0.3) is 0 Å². The Hall–Kier alpha value is -7.74. The highest BCUT2D eigenvalue weighted by atomic mass is 15.1. The van der Waals surface area contributed by atoms with E-state index in [0.717, 1.165) is 17.1 Å². The van der Waals surface area contributed by atoms with Crippen molar-refractivity contribution in [2.45, 2.75) is 0 Å². The van der Waals surface area contributed by atoms with Crippen LogP contribution in [0.2, 0.25) is 0 Å². The fourth-order valence-electron chi connectivity index (χ4n) is 9.49. The molecule has 0 unspecified atom stereocenters. The van der Waals surface area contributed by atoms with Gasteiger partial charge in [-0.1, -0.05) is 170 Å². The molecule has 0 aliphatic heterocycles. The van der Waals surface area contributed by atoms with Gasteiger partial charge in [0, 0.05) is 17.1 Å². The molecule has 11 aromatic rings. The standard InChI is InChI=1S/C58H37N/c1-3-13-50-40(9-1)11-7-17-51(50)42-27-33-49(34-28-42)59(47-29-23-38(24-30-47)44-22-21-43-20-19-41-10-2-4-14-52(41)56(43)36-44)48-31-25-39(26-32-48)46-35-45-12-8-18-55-53-15-5-6-16-54(53)57(37-46)58(45)55/h1-37H. The van der Waals surface area contributed by atoms with Crippen LogP contribution < -0.4 is 4.90 Å². The lowest BCUT2D eigenvalue weighted by Crippen LogP contribution is -2.09. The monoisotopic (exact) mass is 747 g/mol. The zero-order valence-electron chi connectivity index (χ0n) is 32.3. The van der Waals surface area contributed by atoms with Gasteiger partial charge in [-0.2, -0.15) is 0 Å². The summed E-state index contributed by atoms with van der Waals surface area (Å²) < 4.78 is 0. The van der Waals surface area contributed by atoms with E-state index in [9.17, 15) is 0 Å². The first-order valence-electron chi connectivity index (χ1n) is 20.4. The lowest BCUT2D eigenvalue weighted by molar-refractivity contribution is 1.28. The maximum atomic E-state index is 2.38. The third kappa shape index (κ3) is 5.55. The minimum absolute atomic E-state index is 1.11. The van der Waals surface area contributed by atoms with Gasteiger partial charge in [0.2, 0.25) is 0 Å². The van der Waals surface area contributed by atoms with Crippen LogP contribution in [0.3, 0.4) is 0 Å². The topological polar surface area (TPSA) is 3.24 Å². The summed E-state index contributed by atoms with van der Waals surface area (Å²) in [5, 5.41) is 10.2. The number of rotatable bonds is 6. The molecule has 0 bridgehead atoms. The highest BCUT2D eigenvalue weighted by Gasteiger charge is 2.22. The highest BCUT2D eigenvalue weighted by Crippen LogP contribution is 2.49. The van der Waals surface area contributed by atoms with Crippen molar-refractivity contribution in [3.63, 3.8) is 0 Å². The maximum absolute atomic E-state index is 2.38. The van der Waals surface area contributed by atoms with Crippen LogP contribution in [0.1, 0.15) is 0 Å². The first-order chi connectivity index (χ1) is 29.2. The Balaban J connectivity index is 0.941. The quantitative estimate of drug-likeness (QED) is 0.153. The molecule has 0 aromatic heterocycles. The lowest BCUT2D eigenvalue weighted by atomic mass is 9.96. The molecule has 11 aromatic carbocycles. The fraction of sp³-hybridized carbons (Fsp3) is 0. The van der Waals surface area contributed by atoms with E-state index in [-0.39, 0.29) is 0 Å². The molecular formula is C58H37N. The van der Waals surface area contributed by atoms with Crippen molar-refractivity contribution in [3.8, 4) is 55.6 Å². The molecule has 1 aliphatic rings. The van der Waals surface area contributed by atoms with Gasteiger partial charge in [0.05, 0.1) is 0 Å². The SMILES string of the molecule is c1ccc2c(c1)-c1cccc3cc(-c4ccc(N(c5ccc(-c6ccc7ccc8ccccc8c7c6)cc5)c5ccc(-c6cccc7ccccc67)cc5)cc4)cc-2c13. The summed E-state index contributed by atoms with van der Waals surface area (Å²) in [6.07, 6.45) is 0. The number of fused-ring (bicyclic) bond motifs is 7. The lowest BCUT2D eigenvalue weighted by Gasteiger charge is -2.26. The molecule has 0 radical (unpaired) electrons. The van der Waals surface area contributed by atoms with Crippen LogP contribution in [0.4, 0.5) is 17.1 Å². The summed E-state index contributed by atoms with van der Waals surface area (Å²) in [5.74, 6) is 0. The van der Waals surface area contributed by atoms with Crippen molar-refractivity contribution in [2.75, 3.05) is 4.90 Å². The van der Waals surface area contributed by atoms with Gasteiger partial charge in [-0.3, -0.25) is 0 Å². The molecule has 0 N–H and O–H groups in total. The van der Waals surface area contributed by atoms with E-state index in [0.29, 0.717) is 0 Å². The molecule has 1 aliphatic carbocycles. The minimum Gasteiger partial charge on any atom is -0.311 e. The molecule has 0 fully saturated rings. The summed E-state index contributed by atoms with van der Waals surface area (Å²) in [6, 6.07) is 82.5. The van der Waals surface area contributed by atoms with Crippen molar-refractivity contribution in [2.24, 2.45) is 0 Å². The van der Waals surface area contributed by atoms with Crippen molar-refractivity contribution in [1.29, 1.82) is 0 Å². The molecule has 0 saturated heterocycles. The first-order valence-corrected chi connectivity index (χ1v) is 20.4. The van der Waals surface area contributed by atoms with Crippen LogP contribution >= 0.6 is 0 Å². The maximum Gasteiger partial charge on any atom is 0.0462 e. The molecule has 1 nitrogen and oxygen atoms in total. The summed E-state index contributed by atoms with van der Waals surface area (Å²) in [6.45, 7) is 0.